The molecule has 0 aliphatic carbocycles. The molecule has 2 heterocycles. The van der Waals surface area contributed by atoms with E-state index in [1.165, 1.54) is 18.1 Å². The van der Waals surface area contributed by atoms with Gasteiger partial charge < -0.3 is 19.3 Å². The van der Waals surface area contributed by atoms with Crippen molar-refractivity contribution >= 4 is 16.5 Å². The van der Waals surface area contributed by atoms with Crippen LogP contribution in [-0.2, 0) is 0 Å². The van der Waals surface area contributed by atoms with E-state index in [1.807, 2.05) is 5.38 Å². The minimum absolute atomic E-state index is 0.0220. The van der Waals surface area contributed by atoms with Crippen LogP contribution in [-0.4, -0.2) is 51.9 Å². The second-order valence-electron chi connectivity index (χ2n) is 5.70. The first-order valence-corrected chi connectivity index (χ1v) is 8.60. The Hall–Kier alpha value is -1.93. The number of aromatic nitrogens is 1. The van der Waals surface area contributed by atoms with E-state index in [4.69, 9.17) is 4.74 Å². The van der Waals surface area contributed by atoms with Crippen LogP contribution in [0.4, 0.5) is 13.9 Å². The topological polar surface area (TPSA) is 39.0 Å². The summed E-state index contributed by atoms with van der Waals surface area (Å²) in [5, 5.41) is 2.97. The maximum Gasteiger partial charge on any atom is 0.387 e. The highest BCUT2D eigenvalue weighted by atomic mass is 32.1. The fourth-order valence-corrected chi connectivity index (χ4v) is 3.53. The Bertz CT molecular complexity index is 688. The van der Waals surface area contributed by atoms with Crippen LogP contribution in [0.3, 0.4) is 0 Å². The molecule has 0 spiro atoms. The lowest BCUT2D eigenvalue weighted by Gasteiger charge is -2.29. The Balaban J connectivity index is 1.79. The van der Waals surface area contributed by atoms with Crippen LogP contribution in [0.1, 0.15) is 0 Å². The van der Waals surface area contributed by atoms with Gasteiger partial charge in [0.2, 0.25) is 0 Å². The first-order chi connectivity index (χ1) is 11.6. The van der Waals surface area contributed by atoms with Crippen molar-refractivity contribution < 1.29 is 23.2 Å². The second-order valence-corrected chi connectivity index (χ2v) is 6.54. The van der Waals surface area contributed by atoms with E-state index in [0.717, 1.165) is 42.6 Å². The molecule has 0 unspecified atom stereocenters. The van der Waals surface area contributed by atoms with Gasteiger partial charge in [-0.05, 0) is 18.2 Å². The summed E-state index contributed by atoms with van der Waals surface area (Å²) in [6.07, 6.45) is 0. The Labute approximate surface area is 143 Å². The number of rotatable bonds is 5. The first kappa shape index (κ1) is 16.9. The van der Waals surface area contributed by atoms with Gasteiger partial charge in [-0.25, -0.2) is 4.98 Å². The number of nitrogens with one attached hydrogen (secondary N) is 1. The summed E-state index contributed by atoms with van der Waals surface area (Å²) >= 11 is 1.59. The van der Waals surface area contributed by atoms with Crippen molar-refractivity contribution in [3.05, 3.63) is 23.6 Å². The highest BCUT2D eigenvalue weighted by Gasteiger charge is 2.20. The standard InChI is InChI=1S/C16H19F2N3O2S/c1-20-5-7-21(8-6-20)16-19-12(10-24-16)11-3-4-13(23-15(17)18)14(9-11)22-2/h3-4,9-10,15H,5-8H2,1-2H3/p+1. The monoisotopic (exact) mass is 356 g/mol. The van der Waals surface area contributed by atoms with E-state index in [2.05, 4.69) is 21.7 Å². The number of benzene rings is 1. The number of piperazine rings is 1. The lowest BCUT2D eigenvalue weighted by molar-refractivity contribution is -0.880. The Morgan fingerprint density at radius 2 is 2.00 bits per heavy atom. The molecule has 0 saturated carbocycles. The van der Waals surface area contributed by atoms with Gasteiger partial charge in [0.15, 0.2) is 16.6 Å². The number of hydrogen-bond acceptors (Lipinski definition) is 5. The number of anilines is 1. The summed E-state index contributed by atoms with van der Waals surface area (Å²) in [4.78, 5) is 8.50. The van der Waals surface area contributed by atoms with Crippen LogP contribution >= 0.6 is 11.3 Å². The highest BCUT2D eigenvalue weighted by molar-refractivity contribution is 7.14. The van der Waals surface area contributed by atoms with Crippen molar-refractivity contribution in [3.63, 3.8) is 0 Å². The minimum Gasteiger partial charge on any atom is -0.493 e. The summed E-state index contributed by atoms with van der Waals surface area (Å²) in [5.74, 6) is 0.291. The molecule has 8 heteroatoms. The van der Waals surface area contributed by atoms with Gasteiger partial charge in [0.1, 0.15) is 0 Å². The zero-order valence-electron chi connectivity index (χ0n) is 13.6. The number of nitrogens with zero attached hydrogens (tertiary/aromatic N) is 2. The summed E-state index contributed by atoms with van der Waals surface area (Å²) in [7, 11) is 3.62. The molecular formula is C16H20F2N3O2S+. The van der Waals surface area contributed by atoms with Crippen molar-refractivity contribution in [1.82, 2.24) is 4.98 Å². The van der Waals surface area contributed by atoms with Crippen molar-refractivity contribution in [2.45, 2.75) is 6.61 Å². The van der Waals surface area contributed by atoms with Gasteiger partial charge in [-0.2, -0.15) is 8.78 Å². The number of halogens is 2. The average molecular weight is 356 g/mol. The average Bonchev–Trinajstić information content (AvgIpc) is 3.05. The fourth-order valence-electron chi connectivity index (χ4n) is 2.64. The highest BCUT2D eigenvalue weighted by Crippen LogP contribution is 2.35. The van der Waals surface area contributed by atoms with E-state index < -0.39 is 6.61 Å². The molecule has 1 aliphatic heterocycles. The molecule has 1 aromatic carbocycles. The van der Waals surface area contributed by atoms with E-state index in [0.29, 0.717) is 0 Å². The van der Waals surface area contributed by atoms with Crippen molar-refractivity contribution in [1.29, 1.82) is 0 Å². The summed E-state index contributed by atoms with van der Waals surface area (Å²) in [6, 6.07) is 4.87. The summed E-state index contributed by atoms with van der Waals surface area (Å²) in [6.45, 7) is 1.30. The predicted molar refractivity (Wildman–Crippen MR) is 89.6 cm³/mol. The van der Waals surface area contributed by atoms with E-state index >= 15 is 0 Å². The Morgan fingerprint density at radius 3 is 2.67 bits per heavy atom. The molecule has 24 heavy (non-hydrogen) atoms. The van der Waals surface area contributed by atoms with Crippen LogP contribution < -0.4 is 19.3 Å². The normalized spacial score (nSPS) is 15.8. The molecule has 1 fully saturated rings. The molecule has 1 aromatic heterocycles. The number of methoxy groups -OCH3 is 1. The third-order valence-corrected chi connectivity index (χ3v) is 4.96. The Morgan fingerprint density at radius 1 is 1.25 bits per heavy atom. The van der Waals surface area contributed by atoms with Crippen LogP contribution in [0.5, 0.6) is 11.5 Å². The molecule has 130 valence electrons. The molecule has 1 N–H and O–H groups in total. The molecule has 0 amide bonds. The van der Waals surface area contributed by atoms with Crippen LogP contribution in [0.25, 0.3) is 11.3 Å². The fraction of sp³-hybridized carbons (Fsp3) is 0.438. The number of alkyl halides is 2. The molecule has 0 atom stereocenters. The van der Waals surface area contributed by atoms with Crippen LogP contribution in [0.2, 0.25) is 0 Å². The largest absolute Gasteiger partial charge is 0.493 e. The van der Waals surface area contributed by atoms with E-state index in [-0.39, 0.29) is 11.5 Å². The quantitative estimate of drug-likeness (QED) is 0.886. The summed E-state index contributed by atoms with van der Waals surface area (Å²) < 4.78 is 34.4. The van der Waals surface area contributed by atoms with Gasteiger partial charge in [-0.1, -0.05) is 0 Å². The number of ether oxygens (including phenoxy) is 2. The molecule has 3 rings (SSSR count). The van der Waals surface area contributed by atoms with Gasteiger partial charge in [0, 0.05) is 10.9 Å². The number of quaternary nitrogens is 1. The van der Waals surface area contributed by atoms with Gasteiger partial charge in [0.25, 0.3) is 0 Å². The lowest BCUT2D eigenvalue weighted by atomic mass is 10.1. The van der Waals surface area contributed by atoms with Crippen LogP contribution in [0, 0.1) is 0 Å². The number of thiazole rings is 1. The minimum atomic E-state index is -2.88. The molecule has 5 nitrogen and oxygen atoms in total. The Kier molecular flexibility index (Phi) is 5.15. The number of likely N-dealkylation sites (N-methyl/N-ethyl adjacent to an activating group) is 1. The summed E-state index contributed by atoms with van der Waals surface area (Å²) in [5.41, 5.74) is 1.62. The lowest BCUT2D eigenvalue weighted by Crippen LogP contribution is -3.12. The smallest absolute Gasteiger partial charge is 0.387 e. The van der Waals surface area contributed by atoms with Crippen LogP contribution in [0.15, 0.2) is 23.6 Å². The number of hydrogen-bond donors (Lipinski definition) is 1. The van der Waals surface area contributed by atoms with E-state index in [9.17, 15) is 8.78 Å². The van der Waals surface area contributed by atoms with Crippen molar-refractivity contribution in [2.75, 3.05) is 45.2 Å². The second kappa shape index (κ2) is 7.31. The maximum absolute atomic E-state index is 12.4. The molecule has 1 aliphatic rings. The van der Waals surface area contributed by atoms with Crippen molar-refractivity contribution in [2.24, 2.45) is 0 Å². The molecule has 2 aromatic rings. The zero-order chi connectivity index (χ0) is 17.1. The van der Waals surface area contributed by atoms with Gasteiger partial charge in [-0.15, -0.1) is 11.3 Å². The van der Waals surface area contributed by atoms with E-state index in [1.54, 1.807) is 23.5 Å². The zero-order valence-corrected chi connectivity index (χ0v) is 14.4. The third-order valence-electron chi connectivity index (χ3n) is 4.06. The SMILES string of the molecule is COc1cc(-c2csc(N3CC[NH+](C)CC3)n2)ccc1OC(F)F. The molecular weight excluding hydrogens is 336 g/mol. The maximum atomic E-state index is 12.4. The van der Waals surface area contributed by atoms with Gasteiger partial charge in [0.05, 0.1) is 46.0 Å². The first-order valence-electron chi connectivity index (χ1n) is 7.72. The van der Waals surface area contributed by atoms with Gasteiger partial charge in [-0.3, -0.25) is 0 Å². The molecule has 1 saturated heterocycles. The molecule has 0 bridgehead atoms. The molecule has 0 radical (unpaired) electrons. The van der Waals surface area contributed by atoms with Crippen molar-refractivity contribution in [3.8, 4) is 22.8 Å². The van der Waals surface area contributed by atoms with Gasteiger partial charge >= 0.3 is 6.61 Å². The third kappa shape index (κ3) is 3.76. The predicted octanol–water partition coefficient (Wildman–Crippen LogP) is 1.75.